The Labute approximate surface area is 109 Å². The van der Waals surface area contributed by atoms with E-state index in [0.29, 0.717) is 0 Å². The Kier molecular flexibility index (Phi) is 3.71. The van der Waals surface area contributed by atoms with Crippen LogP contribution in [0.25, 0.3) is 11.0 Å². The lowest BCUT2D eigenvalue weighted by Gasteiger charge is -2.26. The van der Waals surface area contributed by atoms with Crippen molar-refractivity contribution in [3.8, 4) is 0 Å². The summed E-state index contributed by atoms with van der Waals surface area (Å²) in [6.07, 6.45) is 2.81. The van der Waals surface area contributed by atoms with Crippen molar-refractivity contribution in [3.63, 3.8) is 0 Å². The molecule has 0 aliphatic carbocycles. The van der Waals surface area contributed by atoms with Gasteiger partial charge >= 0.3 is 0 Å². The van der Waals surface area contributed by atoms with Crippen molar-refractivity contribution in [1.82, 2.24) is 9.55 Å². The second-order valence-electron chi connectivity index (χ2n) is 5.01. The fraction of sp³-hybridized carbons (Fsp3) is 0.533. The molecule has 0 saturated carbocycles. The molecule has 18 heavy (non-hydrogen) atoms. The zero-order valence-corrected chi connectivity index (χ0v) is 11.6. The van der Waals surface area contributed by atoms with Gasteiger partial charge in [0.2, 0.25) is 0 Å². The zero-order valence-electron chi connectivity index (χ0n) is 11.6. The molecular formula is C15H23N3. The minimum absolute atomic E-state index is 0.131. The van der Waals surface area contributed by atoms with Crippen LogP contribution in [0, 0.1) is 0 Å². The molecule has 0 spiro atoms. The minimum atomic E-state index is -0.131. The SMILES string of the molecule is CCn1c(CC(N)(CC)CC)nc2ccccc21. The molecular weight excluding hydrogens is 222 g/mol. The van der Waals surface area contributed by atoms with Crippen molar-refractivity contribution < 1.29 is 0 Å². The van der Waals surface area contributed by atoms with Crippen LogP contribution < -0.4 is 5.73 Å². The van der Waals surface area contributed by atoms with Crippen molar-refractivity contribution >= 4 is 11.0 Å². The molecule has 2 aromatic rings. The van der Waals surface area contributed by atoms with E-state index in [1.165, 1.54) is 5.52 Å². The Morgan fingerprint density at radius 2 is 1.83 bits per heavy atom. The van der Waals surface area contributed by atoms with Gasteiger partial charge < -0.3 is 10.3 Å². The molecule has 0 amide bonds. The Morgan fingerprint density at radius 1 is 1.17 bits per heavy atom. The first-order chi connectivity index (χ1) is 8.63. The highest BCUT2D eigenvalue weighted by Gasteiger charge is 2.24. The molecule has 1 heterocycles. The van der Waals surface area contributed by atoms with Crippen molar-refractivity contribution in [2.24, 2.45) is 5.73 Å². The van der Waals surface area contributed by atoms with Gasteiger partial charge in [-0.05, 0) is 31.9 Å². The standard InChI is InChI=1S/C15H23N3/c1-4-15(16,5-2)11-14-17-12-9-7-8-10-13(12)18(14)6-3/h7-10H,4-6,11,16H2,1-3H3. The average Bonchev–Trinajstić information content (AvgIpc) is 2.75. The number of para-hydroxylation sites is 2. The fourth-order valence-electron chi connectivity index (χ4n) is 2.43. The number of benzene rings is 1. The highest BCUT2D eigenvalue weighted by Crippen LogP contribution is 2.22. The quantitative estimate of drug-likeness (QED) is 0.879. The molecule has 0 fully saturated rings. The molecule has 0 atom stereocenters. The number of hydrogen-bond donors (Lipinski definition) is 1. The van der Waals surface area contributed by atoms with Crippen LogP contribution in [0.5, 0.6) is 0 Å². The second kappa shape index (κ2) is 5.11. The van der Waals surface area contributed by atoms with Crippen LogP contribution in [0.1, 0.15) is 39.4 Å². The second-order valence-corrected chi connectivity index (χ2v) is 5.01. The van der Waals surface area contributed by atoms with Crippen LogP contribution in [0.15, 0.2) is 24.3 Å². The minimum Gasteiger partial charge on any atom is -0.328 e. The maximum Gasteiger partial charge on any atom is 0.111 e. The lowest BCUT2D eigenvalue weighted by molar-refractivity contribution is 0.380. The van der Waals surface area contributed by atoms with Crippen LogP contribution in [0.2, 0.25) is 0 Å². The van der Waals surface area contributed by atoms with Gasteiger partial charge in [0.25, 0.3) is 0 Å². The van der Waals surface area contributed by atoms with Gasteiger partial charge in [0.15, 0.2) is 0 Å². The van der Waals surface area contributed by atoms with Crippen LogP contribution >= 0.6 is 0 Å². The summed E-state index contributed by atoms with van der Waals surface area (Å²) in [5.41, 5.74) is 8.58. The predicted molar refractivity (Wildman–Crippen MR) is 76.6 cm³/mol. The zero-order chi connectivity index (χ0) is 13.2. The van der Waals surface area contributed by atoms with E-state index in [0.717, 1.165) is 37.1 Å². The van der Waals surface area contributed by atoms with Gasteiger partial charge in [-0.1, -0.05) is 26.0 Å². The third kappa shape index (κ3) is 2.27. The molecule has 3 nitrogen and oxygen atoms in total. The van der Waals surface area contributed by atoms with Crippen molar-refractivity contribution in [3.05, 3.63) is 30.1 Å². The summed E-state index contributed by atoms with van der Waals surface area (Å²) in [5, 5.41) is 0. The highest BCUT2D eigenvalue weighted by molar-refractivity contribution is 5.75. The lowest BCUT2D eigenvalue weighted by atomic mass is 9.90. The Morgan fingerprint density at radius 3 is 2.44 bits per heavy atom. The summed E-state index contributed by atoms with van der Waals surface area (Å²) >= 11 is 0. The van der Waals surface area contributed by atoms with Crippen LogP contribution in [0.3, 0.4) is 0 Å². The van der Waals surface area contributed by atoms with E-state index in [1.54, 1.807) is 0 Å². The summed E-state index contributed by atoms with van der Waals surface area (Å²) in [5.74, 6) is 1.12. The van der Waals surface area contributed by atoms with Crippen LogP contribution in [-0.2, 0) is 13.0 Å². The van der Waals surface area contributed by atoms with E-state index in [1.807, 2.05) is 6.07 Å². The first-order valence-corrected chi connectivity index (χ1v) is 6.86. The highest BCUT2D eigenvalue weighted by atomic mass is 15.1. The normalized spacial score (nSPS) is 12.2. The number of aromatic nitrogens is 2. The number of aryl methyl sites for hydroxylation is 1. The molecule has 1 aromatic carbocycles. The fourth-order valence-corrected chi connectivity index (χ4v) is 2.43. The van der Waals surface area contributed by atoms with E-state index < -0.39 is 0 Å². The van der Waals surface area contributed by atoms with Gasteiger partial charge in [-0.3, -0.25) is 0 Å². The Hall–Kier alpha value is -1.35. The molecule has 0 aliphatic rings. The van der Waals surface area contributed by atoms with Crippen LogP contribution in [-0.4, -0.2) is 15.1 Å². The maximum atomic E-state index is 6.42. The molecule has 98 valence electrons. The third-order valence-electron chi connectivity index (χ3n) is 3.97. The van der Waals surface area contributed by atoms with Gasteiger partial charge in [-0.15, -0.1) is 0 Å². The van der Waals surface area contributed by atoms with E-state index in [9.17, 15) is 0 Å². The molecule has 2 rings (SSSR count). The van der Waals surface area contributed by atoms with Gasteiger partial charge in [0.1, 0.15) is 5.82 Å². The smallest absolute Gasteiger partial charge is 0.111 e. The summed E-state index contributed by atoms with van der Waals surface area (Å²) in [6.45, 7) is 7.41. The summed E-state index contributed by atoms with van der Waals surface area (Å²) in [6, 6.07) is 8.30. The Bertz CT molecular complexity index is 524. The molecule has 0 radical (unpaired) electrons. The van der Waals surface area contributed by atoms with E-state index in [4.69, 9.17) is 10.7 Å². The van der Waals surface area contributed by atoms with E-state index in [2.05, 4.69) is 43.5 Å². The molecule has 3 heteroatoms. The van der Waals surface area contributed by atoms with Gasteiger partial charge in [-0.2, -0.15) is 0 Å². The summed E-state index contributed by atoms with van der Waals surface area (Å²) < 4.78 is 2.28. The summed E-state index contributed by atoms with van der Waals surface area (Å²) in [4.78, 5) is 4.75. The molecule has 0 aliphatic heterocycles. The molecule has 0 bridgehead atoms. The van der Waals surface area contributed by atoms with E-state index >= 15 is 0 Å². The number of hydrogen-bond acceptors (Lipinski definition) is 2. The topological polar surface area (TPSA) is 43.8 Å². The van der Waals surface area contributed by atoms with E-state index in [-0.39, 0.29) is 5.54 Å². The van der Waals surface area contributed by atoms with Crippen LogP contribution in [0.4, 0.5) is 0 Å². The number of rotatable bonds is 5. The van der Waals surface area contributed by atoms with Gasteiger partial charge in [-0.25, -0.2) is 4.98 Å². The largest absolute Gasteiger partial charge is 0.328 e. The monoisotopic (exact) mass is 245 g/mol. The van der Waals surface area contributed by atoms with Crippen molar-refractivity contribution in [1.29, 1.82) is 0 Å². The van der Waals surface area contributed by atoms with Crippen molar-refractivity contribution in [2.75, 3.05) is 0 Å². The van der Waals surface area contributed by atoms with Gasteiger partial charge in [0, 0.05) is 18.5 Å². The number of fused-ring (bicyclic) bond motifs is 1. The Balaban J connectivity index is 2.44. The summed E-state index contributed by atoms with van der Waals surface area (Å²) in [7, 11) is 0. The molecule has 0 saturated heterocycles. The molecule has 0 unspecified atom stereocenters. The van der Waals surface area contributed by atoms with Crippen molar-refractivity contribution in [2.45, 2.75) is 52.1 Å². The number of imidazole rings is 1. The molecule has 1 aromatic heterocycles. The first kappa shape index (κ1) is 13.1. The third-order valence-corrected chi connectivity index (χ3v) is 3.97. The first-order valence-electron chi connectivity index (χ1n) is 6.86. The maximum absolute atomic E-state index is 6.42. The van der Waals surface area contributed by atoms with Gasteiger partial charge in [0.05, 0.1) is 11.0 Å². The average molecular weight is 245 g/mol. The predicted octanol–water partition coefficient (Wildman–Crippen LogP) is 3.12. The molecule has 2 N–H and O–H groups in total. The lowest BCUT2D eigenvalue weighted by Crippen LogP contribution is -2.41. The number of nitrogens with two attached hydrogens (primary N) is 1. The number of nitrogens with zero attached hydrogens (tertiary/aromatic N) is 2.